The van der Waals surface area contributed by atoms with Gasteiger partial charge in [0.15, 0.2) is 41.0 Å². The summed E-state index contributed by atoms with van der Waals surface area (Å²) in [6.45, 7) is 17.8. The third kappa shape index (κ3) is 26.9. The molecule has 0 amide bonds. The Morgan fingerprint density at radius 2 is 0.736 bits per heavy atom. The first-order valence-electron chi connectivity index (χ1n) is 39.3. The van der Waals surface area contributed by atoms with E-state index in [2.05, 4.69) is 46.6 Å². The molecular formula is C90H94BBr2F11N10O15. The van der Waals surface area contributed by atoms with Crippen molar-refractivity contribution < 1.29 is 82.5 Å². The van der Waals surface area contributed by atoms with Gasteiger partial charge in [0.05, 0.1) is 58.6 Å². The summed E-state index contributed by atoms with van der Waals surface area (Å²) in [4.78, 5) is 116. The number of carbonyl (C=O) groups is 1. The van der Waals surface area contributed by atoms with Crippen LogP contribution in [0.4, 0.5) is 48.3 Å². The molecule has 0 aliphatic rings. The van der Waals surface area contributed by atoms with Crippen LogP contribution in [0.25, 0.3) is 22.3 Å². The fourth-order valence-electron chi connectivity index (χ4n) is 12.3. The average molecular weight is 1940 g/mol. The molecule has 6 N–H and O–H groups in total. The van der Waals surface area contributed by atoms with Crippen LogP contribution in [-0.4, -0.2) is 104 Å². The van der Waals surface area contributed by atoms with Crippen LogP contribution in [0.1, 0.15) is 104 Å². The Morgan fingerprint density at radius 1 is 0.419 bits per heavy atom. The highest BCUT2D eigenvalue weighted by Crippen LogP contribution is 2.32. The lowest BCUT2D eigenvalue weighted by Gasteiger charge is -2.19. The Balaban J connectivity index is 0.000000246. The van der Waals surface area contributed by atoms with Crippen molar-refractivity contribution in [1.29, 1.82) is 0 Å². The molecular weight excluding hydrogens is 1840 g/mol. The zero-order valence-electron chi connectivity index (χ0n) is 72.4. The maximum absolute atomic E-state index is 15.0. The molecule has 5 heterocycles. The lowest BCUT2D eigenvalue weighted by atomic mass is 9.80. The van der Waals surface area contributed by atoms with Gasteiger partial charge in [-0.25, -0.2) is 67.5 Å². The summed E-state index contributed by atoms with van der Waals surface area (Å²) < 4.78 is 177. The number of ether oxygens (including phenoxy) is 3. The minimum absolute atomic E-state index is 0.000556. The Hall–Kier alpha value is -12.4. The lowest BCUT2D eigenvalue weighted by Crippen LogP contribution is -2.45. The molecule has 7 aromatic carbocycles. The van der Waals surface area contributed by atoms with Crippen LogP contribution < -0.4 is 70.4 Å². The summed E-state index contributed by atoms with van der Waals surface area (Å²) in [6.07, 6.45) is 2.31. The minimum Gasteiger partial charge on any atom is -0.494 e. The average Bonchev–Trinajstić information content (AvgIpc) is 0.759. The molecule has 39 heteroatoms. The second-order valence-corrected chi connectivity index (χ2v) is 31.4. The fraction of sp³-hybridized carbons (Fsp3) is 0.289. The lowest BCUT2D eigenvalue weighted by molar-refractivity contribution is 0.111. The zero-order chi connectivity index (χ0) is 96.4. The number of methoxy groups -OCH3 is 3. The van der Waals surface area contributed by atoms with Crippen molar-refractivity contribution >= 4 is 50.7 Å². The molecule has 0 bridgehead atoms. The molecule has 0 aliphatic heterocycles. The van der Waals surface area contributed by atoms with E-state index in [-0.39, 0.29) is 132 Å². The van der Waals surface area contributed by atoms with Gasteiger partial charge >= 0.3 is 29.9 Å². The SMILES string of the molecule is CC(C)CO.COc1cccc(-c2c(C)n(Cc3c(F)cccc3F)c(=O)n(CC(C)C)c2=O)c1F.COc1cccc(-c2c(C)n(Cc3c(F)cccc3F)c(=O)n(C[C@@H](C)N)c2=O)c1F.COc1cccc(B(O)O)c1F.Cc1c(Br)c(=O)[nH]c(=O)n1Cc1c(F)cccc1F.Cc1c(Br)c(=O)n(CC(C)C)c(=O)n1Cc1c(F)cccc1F.O=Cc1ccccn1. The number of aromatic amines is 1. The van der Waals surface area contributed by atoms with Crippen LogP contribution in [0.5, 0.6) is 17.2 Å². The smallest absolute Gasteiger partial charge is 0.491 e. The topological polar surface area (TPSA) is 331 Å². The molecule has 129 heavy (non-hydrogen) atoms. The summed E-state index contributed by atoms with van der Waals surface area (Å²) in [5.74, 6) is -8.26. The highest BCUT2D eigenvalue weighted by Gasteiger charge is 2.28. The van der Waals surface area contributed by atoms with E-state index < -0.39 is 135 Å². The van der Waals surface area contributed by atoms with Crippen molar-refractivity contribution in [3.63, 3.8) is 0 Å². The minimum atomic E-state index is -1.81. The van der Waals surface area contributed by atoms with Crippen molar-refractivity contribution in [2.75, 3.05) is 27.9 Å². The Labute approximate surface area is 748 Å². The first kappa shape index (κ1) is 105. The molecule has 0 radical (unpaired) electrons. The molecule has 0 aliphatic carbocycles. The van der Waals surface area contributed by atoms with Crippen LogP contribution in [0, 0.1) is 109 Å². The first-order chi connectivity index (χ1) is 60.8. The molecule has 0 spiro atoms. The summed E-state index contributed by atoms with van der Waals surface area (Å²) in [5.41, 5.74) is 0.206. The molecule has 1 atom stereocenters. The van der Waals surface area contributed by atoms with Gasteiger partial charge in [0.1, 0.15) is 61.2 Å². The number of H-pyrrole nitrogens is 1. The Bertz CT molecular complexity index is 6210. The van der Waals surface area contributed by atoms with Gasteiger partial charge in [-0.1, -0.05) is 108 Å². The summed E-state index contributed by atoms with van der Waals surface area (Å²) in [5, 5.41) is 25.5. The van der Waals surface area contributed by atoms with Crippen LogP contribution >= 0.6 is 31.9 Å². The third-order valence-electron chi connectivity index (χ3n) is 19.0. The van der Waals surface area contributed by atoms with Crippen LogP contribution in [0.15, 0.2) is 199 Å². The van der Waals surface area contributed by atoms with E-state index in [9.17, 15) is 87.1 Å². The van der Waals surface area contributed by atoms with Gasteiger partial charge in [-0.05, 0) is 163 Å². The predicted octanol–water partition coefficient (Wildman–Crippen LogP) is 13.0. The number of rotatable bonds is 22. The molecule has 0 unspecified atom stereocenters. The van der Waals surface area contributed by atoms with Crippen LogP contribution in [0.3, 0.4) is 0 Å². The van der Waals surface area contributed by atoms with Gasteiger partial charge < -0.3 is 35.1 Å². The number of nitrogens with zero attached hydrogens (tertiary/aromatic N) is 8. The van der Waals surface area contributed by atoms with E-state index in [1.807, 2.05) is 41.5 Å². The number of carbonyl (C=O) groups excluding carboxylic acids is 1. The van der Waals surface area contributed by atoms with Crippen LogP contribution in [0.2, 0.25) is 0 Å². The van der Waals surface area contributed by atoms with Gasteiger partial charge in [0.2, 0.25) is 0 Å². The van der Waals surface area contributed by atoms with Gasteiger partial charge in [0.25, 0.3) is 22.2 Å². The second kappa shape index (κ2) is 48.7. The van der Waals surface area contributed by atoms with E-state index in [4.69, 9.17) is 30.4 Å². The summed E-state index contributed by atoms with van der Waals surface area (Å²) in [6, 6.07) is 31.1. The maximum Gasteiger partial charge on any atom is 0.491 e. The number of aromatic nitrogens is 9. The van der Waals surface area contributed by atoms with Gasteiger partial charge in [0, 0.05) is 100 Å². The van der Waals surface area contributed by atoms with E-state index in [1.54, 1.807) is 38.2 Å². The third-order valence-corrected chi connectivity index (χ3v) is 20.9. The highest BCUT2D eigenvalue weighted by molar-refractivity contribution is 9.10. The van der Waals surface area contributed by atoms with Gasteiger partial charge in [-0.3, -0.25) is 65.9 Å². The first-order valence-corrected chi connectivity index (χ1v) is 40.9. The van der Waals surface area contributed by atoms with Crippen molar-refractivity contribution in [2.45, 2.75) is 128 Å². The Morgan fingerprint density at radius 3 is 1.05 bits per heavy atom. The number of aliphatic hydroxyl groups is 1. The normalized spacial score (nSPS) is 11.0. The van der Waals surface area contributed by atoms with Gasteiger partial charge in [-0.2, -0.15) is 0 Å². The number of aldehydes is 1. The van der Waals surface area contributed by atoms with Gasteiger partial charge in [-0.15, -0.1) is 0 Å². The number of hydrogen-bond acceptors (Lipinski definition) is 17. The molecule has 0 fully saturated rings. The van der Waals surface area contributed by atoms with E-state index in [0.29, 0.717) is 29.6 Å². The highest BCUT2D eigenvalue weighted by atomic mass is 79.9. The summed E-state index contributed by atoms with van der Waals surface area (Å²) in [7, 11) is 2.09. The molecule has 5 aromatic heterocycles. The zero-order valence-corrected chi connectivity index (χ0v) is 75.5. The van der Waals surface area contributed by atoms with E-state index in [0.717, 1.165) is 82.2 Å². The van der Waals surface area contributed by atoms with E-state index >= 15 is 4.39 Å². The Kier molecular flexibility index (Phi) is 39.7. The number of halogens is 13. The van der Waals surface area contributed by atoms with Crippen LogP contribution in [-0.2, 0) is 45.8 Å². The number of aliphatic hydroxyl groups excluding tert-OH is 1. The standard InChI is InChI=1S/C23H23F3N2O3.C22H22F3N3O3.C16H17BrF2N2O2.C12H9BrF2N2O2.C7H8BFO3.C6H5NO.C4H10O/c1-13(2)11-28-22(29)20(15-7-5-10-19(31-4)21(15)26)14(3)27(23(28)30)12-16-17(24)8-6-9-18(16)25;1-12(26)10-28-21(29)19(14-6-4-9-18(31-3)20(14)25)13(2)27(22(28)30)11-15-16(23)7-5-8-17(15)24;1-9(2)7-21-15(22)14(17)10(3)20(16(21)23)8-11-12(18)5-4-6-13(11)19;1-6-10(13)11(18)16-12(19)17(6)5-7-8(14)3-2-4-9(7)15;1-12-6-4-2-3-5(7(6)9)8(10)11;8-5-6-3-1-2-4-7-6;1-4(2)3-5/h5-10,13H,11-12H2,1-4H3;4-9,12H,10-11,26H2,1-3H3;4-6,9H,7-8H2,1-3H3;2-4H,5H2,1H3,(H,16,18,19);2-4,10-11H,1H3;1-5H;4-5H,3H2,1-2H3/t;12-;;;;;/m.1...../s1. The molecule has 0 saturated carbocycles. The largest absolute Gasteiger partial charge is 0.494 e. The van der Waals surface area contributed by atoms with Crippen molar-refractivity contribution in [1.82, 2.24) is 41.9 Å². The molecule has 25 nitrogen and oxygen atoms in total. The van der Waals surface area contributed by atoms with E-state index in [1.165, 1.54) is 126 Å². The van der Waals surface area contributed by atoms with Crippen molar-refractivity contribution in [3.05, 3.63) is 359 Å². The number of hydrogen-bond donors (Lipinski definition) is 5. The number of nitrogens with one attached hydrogen (secondary N) is 1. The molecule has 0 saturated heterocycles. The van der Waals surface area contributed by atoms with Crippen molar-refractivity contribution in [2.24, 2.45) is 23.5 Å². The number of pyridine rings is 1. The second-order valence-electron chi connectivity index (χ2n) is 29.8. The predicted molar refractivity (Wildman–Crippen MR) is 474 cm³/mol. The summed E-state index contributed by atoms with van der Waals surface area (Å²) >= 11 is 6.20. The number of nitrogens with two attached hydrogens (primary N) is 1. The fourth-order valence-corrected chi connectivity index (χ4v) is 13.1. The molecule has 688 valence electrons. The monoisotopic (exact) mass is 1930 g/mol. The molecule has 12 aromatic rings. The number of benzene rings is 7. The quantitative estimate of drug-likeness (QED) is 0.0239. The maximum atomic E-state index is 15.0. The van der Waals surface area contributed by atoms with Crippen molar-refractivity contribution in [3.8, 4) is 39.5 Å². The molecule has 12 rings (SSSR count).